The van der Waals surface area contributed by atoms with Crippen molar-refractivity contribution in [3.8, 4) is 0 Å². The zero-order chi connectivity index (χ0) is 21.2. The van der Waals surface area contributed by atoms with Crippen molar-refractivity contribution in [1.29, 1.82) is 0 Å². The van der Waals surface area contributed by atoms with Crippen molar-refractivity contribution in [1.82, 2.24) is 4.90 Å². The molecule has 1 aromatic rings. The first-order chi connectivity index (χ1) is 13.8. The first-order valence-corrected chi connectivity index (χ1v) is 10.4. The van der Waals surface area contributed by atoms with Crippen LogP contribution in [0.15, 0.2) is 61.0 Å². The summed E-state index contributed by atoms with van der Waals surface area (Å²) in [5, 5.41) is 0. The number of amides is 1. The van der Waals surface area contributed by atoms with Gasteiger partial charge in [0.1, 0.15) is 0 Å². The number of alkyl halides is 2. The van der Waals surface area contributed by atoms with Crippen LogP contribution in [0, 0.1) is 5.92 Å². The number of carbonyl (C=O) groups is 3. The van der Waals surface area contributed by atoms with Gasteiger partial charge >= 0.3 is 5.97 Å². The lowest BCUT2D eigenvalue weighted by molar-refractivity contribution is -0.178. The van der Waals surface area contributed by atoms with Crippen molar-refractivity contribution in [2.75, 3.05) is 4.43 Å². The molecular formula is C21H19FINO5. The summed E-state index contributed by atoms with van der Waals surface area (Å²) in [7, 11) is 0. The number of hydrogen-bond acceptors (Lipinski definition) is 5. The Labute approximate surface area is 181 Å². The van der Waals surface area contributed by atoms with Gasteiger partial charge in [-0.1, -0.05) is 54.3 Å². The average Bonchev–Trinajstić information content (AvgIpc) is 2.92. The van der Waals surface area contributed by atoms with E-state index in [2.05, 4.69) is 12.3 Å². The molecule has 4 atom stereocenters. The predicted octanol–water partition coefficient (Wildman–Crippen LogP) is 3.33. The monoisotopic (exact) mass is 511 g/mol. The third kappa shape index (κ3) is 3.80. The summed E-state index contributed by atoms with van der Waals surface area (Å²) < 4.78 is 27.0. The molecule has 1 amide bonds. The number of nitrogens with zero attached hydrogens (tertiary/aromatic N) is 1. The Balaban J connectivity index is 2.09. The van der Waals surface area contributed by atoms with Crippen molar-refractivity contribution in [3.05, 3.63) is 66.6 Å². The van der Waals surface area contributed by atoms with Crippen LogP contribution in [0.25, 0.3) is 0 Å². The standard InChI is InChI=1S/C21H19FINO5/c1-3-10-20(28-18(27)15-7-5-4-6-8-15)14(2)21(22,13-23)29-19(20)24-11-9-16(25)12-17(24)26/h4-11,14,19H,1,12-13H2,2H3/t14-,19+,20+,21+/m0/s1. The van der Waals surface area contributed by atoms with Gasteiger partial charge in [0, 0.05) is 12.3 Å². The molecule has 152 valence electrons. The van der Waals surface area contributed by atoms with E-state index in [4.69, 9.17) is 9.47 Å². The van der Waals surface area contributed by atoms with Gasteiger partial charge in [0.15, 0.2) is 17.6 Å². The number of rotatable bonds is 5. The molecule has 0 aliphatic carbocycles. The third-order valence-corrected chi connectivity index (χ3v) is 6.13. The van der Waals surface area contributed by atoms with Gasteiger partial charge in [-0.2, -0.15) is 0 Å². The molecule has 0 radical (unpaired) electrons. The number of hydrogen-bond donors (Lipinski definition) is 0. The van der Waals surface area contributed by atoms with Gasteiger partial charge in [0.25, 0.3) is 0 Å². The van der Waals surface area contributed by atoms with E-state index in [0.717, 1.165) is 4.90 Å². The van der Waals surface area contributed by atoms with Crippen LogP contribution in [0.4, 0.5) is 4.39 Å². The highest BCUT2D eigenvalue weighted by atomic mass is 127. The Kier molecular flexibility index (Phi) is 6.07. The molecular weight excluding hydrogens is 492 g/mol. The van der Waals surface area contributed by atoms with E-state index in [1.165, 1.54) is 25.3 Å². The first-order valence-electron chi connectivity index (χ1n) is 8.87. The molecule has 0 N–H and O–H groups in total. The highest BCUT2D eigenvalue weighted by Gasteiger charge is 2.66. The molecule has 6 nitrogen and oxygen atoms in total. The lowest BCUT2D eigenvalue weighted by atomic mass is 9.84. The van der Waals surface area contributed by atoms with Gasteiger partial charge in [-0.15, -0.1) is 5.73 Å². The zero-order valence-electron chi connectivity index (χ0n) is 15.6. The second-order valence-electron chi connectivity index (χ2n) is 6.83. The average molecular weight is 511 g/mol. The zero-order valence-corrected chi connectivity index (χ0v) is 17.8. The van der Waals surface area contributed by atoms with Gasteiger partial charge in [-0.3, -0.25) is 14.5 Å². The van der Waals surface area contributed by atoms with Crippen LogP contribution in [-0.2, 0) is 19.1 Å². The minimum absolute atomic E-state index is 0.0667. The van der Waals surface area contributed by atoms with E-state index in [1.807, 2.05) is 22.6 Å². The quantitative estimate of drug-likeness (QED) is 0.200. The molecule has 0 unspecified atom stereocenters. The summed E-state index contributed by atoms with van der Waals surface area (Å²) >= 11 is 1.84. The van der Waals surface area contributed by atoms with E-state index in [-0.39, 0.29) is 22.2 Å². The van der Waals surface area contributed by atoms with E-state index >= 15 is 4.39 Å². The van der Waals surface area contributed by atoms with Crippen LogP contribution in [0.5, 0.6) is 0 Å². The molecule has 0 aromatic heterocycles. The Morgan fingerprint density at radius 3 is 2.72 bits per heavy atom. The number of ether oxygens (including phenoxy) is 2. The summed E-state index contributed by atoms with van der Waals surface area (Å²) in [6.07, 6.45) is 2.05. The smallest absolute Gasteiger partial charge is 0.339 e. The number of halogens is 2. The summed E-state index contributed by atoms with van der Waals surface area (Å²) in [4.78, 5) is 38.0. The Morgan fingerprint density at radius 1 is 1.45 bits per heavy atom. The van der Waals surface area contributed by atoms with E-state index in [9.17, 15) is 14.4 Å². The number of allylic oxidation sites excluding steroid dienone is 1. The molecule has 1 fully saturated rings. The highest BCUT2D eigenvalue weighted by molar-refractivity contribution is 14.1. The van der Waals surface area contributed by atoms with Crippen molar-refractivity contribution < 1.29 is 28.2 Å². The number of carbonyl (C=O) groups excluding carboxylic acids is 3. The second-order valence-corrected chi connectivity index (χ2v) is 7.59. The molecule has 2 aliphatic heterocycles. The molecule has 0 saturated carbocycles. The normalized spacial score (nSPS) is 31.5. The van der Waals surface area contributed by atoms with Crippen molar-refractivity contribution in [3.63, 3.8) is 0 Å². The topological polar surface area (TPSA) is 72.9 Å². The maximum Gasteiger partial charge on any atom is 0.339 e. The van der Waals surface area contributed by atoms with Gasteiger partial charge in [-0.05, 0) is 18.2 Å². The summed E-state index contributed by atoms with van der Waals surface area (Å²) in [6, 6.07) is 8.22. The van der Waals surface area contributed by atoms with Crippen LogP contribution in [0.2, 0.25) is 0 Å². The molecule has 2 heterocycles. The fourth-order valence-corrected chi connectivity index (χ4v) is 4.26. The molecule has 1 saturated heterocycles. The van der Waals surface area contributed by atoms with E-state index in [1.54, 1.807) is 30.3 Å². The molecule has 3 rings (SSSR count). The molecule has 8 heteroatoms. The summed E-state index contributed by atoms with van der Waals surface area (Å²) in [6.45, 7) is 5.08. The van der Waals surface area contributed by atoms with Crippen molar-refractivity contribution >= 4 is 40.3 Å². The van der Waals surface area contributed by atoms with E-state index < -0.39 is 35.5 Å². The van der Waals surface area contributed by atoms with Crippen LogP contribution in [0.1, 0.15) is 23.7 Å². The molecule has 0 bridgehead atoms. The number of ketones is 1. The minimum Gasteiger partial charge on any atom is -0.445 e. The molecule has 2 aliphatic rings. The fourth-order valence-electron chi connectivity index (χ4n) is 3.42. The predicted molar refractivity (Wildman–Crippen MR) is 111 cm³/mol. The SMILES string of the molecule is C=C=C[C@]1(OC(=O)c2ccccc2)[C@H](N2C=CC(=O)CC2=O)O[C@](F)(CI)[C@H]1C. The first kappa shape index (κ1) is 21.4. The summed E-state index contributed by atoms with van der Waals surface area (Å²) in [5.41, 5.74) is 1.12. The summed E-state index contributed by atoms with van der Waals surface area (Å²) in [5.74, 6) is -4.84. The van der Waals surface area contributed by atoms with Crippen LogP contribution in [-0.4, -0.2) is 44.7 Å². The minimum atomic E-state index is -2.19. The number of esters is 1. The fraction of sp³-hybridized carbons (Fsp3) is 0.333. The Morgan fingerprint density at radius 2 is 2.14 bits per heavy atom. The van der Waals surface area contributed by atoms with E-state index in [0.29, 0.717) is 0 Å². The van der Waals surface area contributed by atoms with Crippen molar-refractivity contribution in [2.24, 2.45) is 5.92 Å². The maximum atomic E-state index is 15.6. The van der Waals surface area contributed by atoms with Gasteiger partial charge < -0.3 is 9.47 Å². The van der Waals surface area contributed by atoms with Gasteiger partial charge in [0.2, 0.25) is 11.8 Å². The Hall–Kier alpha value is -2.29. The van der Waals surface area contributed by atoms with Gasteiger partial charge in [0.05, 0.1) is 22.3 Å². The van der Waals surface area contributed by atoms with Gasteiger partial charge in [-0.25, -0.2) is 9.18 Å². The maximum absolute atomic E-state index is 15.6. The lowest BCUT2D eigenvalue weighted by Gasteiger charge is -2.38. The molecule has 1 aromatic carbocycles. The van der Waals surface area contributed by atoms with Crippen LogP contribution < -0.4 is 0 Å². The third-order valence-electron chi connectivity index (χ3n) is 5.09. The second kappa shape index (κ2) is 8.22. The Bertz CT molecular complexity index is 913. The van der Waals surface area contributed by atoms with Crippen molar-refractivity contribution in [2.45, 2.75) is 31.0 Å². The largest absolute Gasteiger partial charge is 0.445 e. The van der Waals surface area contributed by atoms with Crippen LogP contribution >= 0.6 is 22.6 Å². The lowest BCUT2D eigenvalue weighted by Crippen LogP contribution is -2.55. The highest BCUT2D eigenvalue weighted by Crippen LogP contribution is 2.50. The molecule has 0 spiro atoms. The molecule has 29 heavy (non-hydrogen) atoms. The number of benzene rings is 1. The van der Waals surface area contributed by atoms with Crippen LogP contribution in [0.3, 0.4) is 0 Å².